The number of rotatable bonds is 28. The number of ketones is 1. The van der Waals surface area contributed by atoms with Crippen LogP contribution in [0.25, 0.3) is 0 Å². The van der Waals surface area contributed by atoms with E-state index in [0.29, 0.717) is 59.5 Å². The molecule has 1 rings (SSSR count). The molecule has 18 heteroatoms. The van der Waals surface area contributed by atoms with Gasteiger partial charge in [-0.15, -0.1) is 0 Å². The molecule has 1 aromatic carbocycles. The molecule has 0 saturated heterocycles. The van der Waals surface area contributed by atoms with Crippen LogP contribution in [0.1, 0.15) is 12.8 Å². The highest BCUT2D eigenvalue weighted by atomic mass is 16.6. The number of benzene rings is 1. The van der Waals surface area contributed by atoms with Crippen LogP contribution in [-0.2, 0) is 47.5 Å². The number of hydrogen-bond acceptors (Lipinski definition) is 15. The molecule has 0 amide bonds. The van der Waals surface area contributed by atoms with Crippen LogP contribution in [0.5, 0.6) is 0 Å². The first-order chi connectivity index (χ1) is 20.7. The zero-order valence-corrected chi connectivity index (χ0v) is 23.6. The van der Waals surface area contributed by atoms with Crippen molar-refractivity contribution in [2.45, 2.75) is 12.8 Å². The van der Waals surface area contributed by atoms with Gasteiger partial charge in [-0.05, 0) is 6.07 Å². The van der Waals surface area contributed by atoms with Gasteiger partial charge in [-0.25, -0.2) is 4.79 Å². The molecule has 0 aliphatic carbocycles. The molecule has 0 bridgehead atoms. The number of anilines is 1. The first-order valence-electron chi connectivity index (χ1n) is 13.3. The second kappa shape index (κ2) is 23.7. The van der Waals surface area contributed by atoms with Crippen LogP contribution in [0.2, 0.25) is 0 Å². The highest BCUT2D eigenvalue weighted by molar-refractivity contribution is 6.32. The monoisotopic (exact) mass is 619 g/mol. The predicted octanol–water partition coefficient (Wildman–Crippen LogP) is 0.992. The van der Waals surface area contributed by atoms with Gasteiger partial charge in [-0.1, -0.05) is 0 Å². The van der Waals surface area contributed by atoms with Crippen LogP contribution >= 0.6 is 0 Å². The fourth-order valence-corrected chi connectivity index (χ4v) is 3.00. The largest absolute Gasteiger partial charge is 0.476 e. The van der Waals surface area contributed by atoms with Crippen LogP contribution in [0.3, 0.4) is 0 Å². The maximum Gasteiger partial charge on any atom is 0.372 e. The number of nitro groups is 2. The van der Waals surface area contributed by atoms with E-state index in [1.807, 2.05) is 0 Å². The summed E-state index contributed by atoms with van der Waals surface area (Å²) in [5.41, 5.74) is -0.579. The summed E-state index contributed by atoms with van der Waals surface area (Å²) in [6.45, 7) is 4.14. The smallest absolute Gasteiger partial charge is 0.372 e. The molecule has 43 heavy (non-hydrogen) atoms. The van der Waals surface area contributed by atoms with E-state index < -0.39 is 34.0 Å². The predicted molar refractivity (Wildman–Crippen MR) is 146 cm³/mol. The lowest BCUT2D eigenvalue weighted by atomic mass is 10.2. The summed E-state index contributed by atoms with van der Waals surface area (Å²) < 4.78 is 36.9. The Labute approximate surface area is 246 Å². The van der Waals surface area contributed by atoms with Crippen LogP contribution in [0.4, 0.5) is 17.1 Å². The van der Waals surface area contributed by atoms with Crippen molar-refractivity contribution < 1.29 is 62.5 Å². The molecule has 0 saturated carbocycles. The Morgan fingerprint density at radius 3 is 1.58 bits per heavy atom. The maximum absolute atomic E-state index is 11.3. The van der Waals surface area contributed by atoms with Gasteiger partial charge in [0.2, 0.25) is 5.78 Å². The third-order valence-electron chi connectivity index (χ3n) is 5.10. The molecule has 0 fully saturated rings. The zero-order valence-electron chi connectivity index (χ0n) is 23.6. The number of hydrogen-bond donors (Lipinski definition) is 2. The standard InChI is InChI=1S/C25H37N3O15/c29-23(25(31)32)3-4-24(30)43-18-17-42-16-15-41-14-13-40-12-11-39-10-9-38-8-7-37-6-5-26-21-2-1-20(27(33)34)19-22(21)28(35)36/h1-2,19,26H,3-18H2,(H,31,32). The Bertz CT molecular complexity index is 1010. The molecular weight excluding hydrogens is 582 g/mol. The average molecular weight is 620 g/mol. The Kier molecular flexibility index (Phi) is 20.5. The lowest BCUT2D eigenvalue weighted by Crippen LogP contribution is -2.17. The Hall–Kier alpha value is -3.81. The van der Waals surface area contributed by atoms with Crippen LogP contribution < -0.4 is 5.32 Å². The molecule has 242 valence electrons. The van der Waals surface area contributed by atoms with E-state index in [0.717, 1.165) is 6.07 Å². The second-order valence-corrected chi connectivity index (χ2v) is 8.27. The van der Waals surface area contributed by atoms with E-state index in [1.165, 1.54) is 12.1 Å². The van der Waals surface area contributed by atoms with E-state index in [2.05, 4.69) is 5.32 Å². The van der Waals surface area contributed by atoms with Crippen molar-refractivity contribution in [2.24, 2.45) is 0 Å². The molecule has 0 aromatic heterocycles. The molecule has 1 aromatic rings. The van der Waals surface area contributed by atoms with Gasteiger partial charge in [-0.2, -0.15) is 0 Å². The minimum absolute atomic E-state index is 0.0104. The van der Waals surface area contributed by atoms with E-state index in [4.69, 9.17) is 38.3 Å². The third kappa shape index (κ3) is 19.1. The van der Waals surface area contributed by atoms with Crippen molar-refractivity contribution in [2.75, 3.05) is 97.8 Å². The molecule has 0 unspecified atom stereocenters. The van der Waals surface area contributed by atoms with Gasteiger partial charge in [-0.3, -0.25) is 29.8 Å². The van der Waals surface area contributed by atoms with Crippen LogP contribution in [0, 0.1) is 20.2 Å². The van der Waals surface area contributed by atoms with Gasteiger partial charge in [0, 0.05) is 19.0 Å². The summed E-state index contributed by atoms with van der Waals surface area (Å²) in [6, 6.07) is 3.37. The maximum atomic E-state index is 11.3. The van der Waals surface area contributed by atoms with Crippen molar-refractivity contribution in [3.63, 3.8) is 0 Å². The number of nitro benzene ring substituents is 2. The number of ether oxygens (including phenoxy) is 7. The normalized spacial score (nSPS) is 10.8. The Balaban J connectivity index is 1.83. The molecular formula is C25H37N3O15. The minimum Gasteiger partial charge on any atom is -0.476 e. The number of carbonyl (C=O) groups is 3. The SMILES string of the molecule is O=C(CCC(=O)C(=O)O)OCCOCCOCCOCCOCCOCCOCCNc1ccc([N+](=O)[O-])cc1[N+](=O)[O-]. The van der Waals surface area contributed by atoms with Gasteiger partial charge in [0.05, 0.1) is 102 Å². The summed E-state index contributed by atoms with van der Waals surface area (Å²) >= 11 is 0. The summed E-state index contributed by atoms with van der Waals surface area (Å²) in [5.74, 6) is -3.29. The van der Waals surface area contributed by atoms with Crippen molar-refractivity contribution in [3.05, 3.63) is 38.4 Å². The van der Waals surface area contributed by atoms with Gasteiger partial charge in [0.25, 0.3) is 11.4 Å². The molecule has 18 nitrogen and oxygen atoms in total. The molecule has 0 radical (unpaired) electrons. The Morgan fingerprint density at radius 1 is 0.674 bits per heavy atom. The molecule has 0 aliphatic rings. The third-order valence-corrected chi connectivity index (χ3v) is 5.10. The second-order valence-electron chi connectivity index (χ2n) is 8.27. The van der Waals surface area contributed by atoms with Crippen LogP contribution in [0.15, 0.2) is 18.2 Å². The quantitative estimate of drug-likeness (QED) is 0.0437. The molecule has 0 atom stereocenters. The average Bonchev–Trinajstić information content (AvgIpc) is 2.98. The summed E-state index contributed by atoms with van der Waals surface area (Å²) in [5, 5.41) is 33.1. The number of carboxylic acid groups (broad SMARTS) is 1. The van der Waals surface area contributed by atoms with Crippen molar-refractivity contribution in [3.8, 4) is 0 Å². The fraction of sp³-hybridized carbons (Fsp3) is 0.640. The molecule has 2 N–H and O–H groups in total. The lowest BCUT2D eigenvalue weighted by Gasteiger charge is -2.09. The summed E-state index contributed by atoms with van der Waals surface area (Å²) in [7, 11) is 0. The number of carboxylic acids is 1. The van der Waals surface area contributed by atoms with E-state index in [9.17, 15) is 34.6 Å². The fourth-order valence-electron chi connectivity index (χ4n) is 3.00. The van der Waals surface area contributed by atoms with Gasteiger partial charge < -0.3 is 43.6 Å². The molecule has 0 heterocycles. The highest BCUT2D eigenvalue weighted by Gasteiger charge is 2.19. The number of aliphatic carboxylic acids is 1. The van der Waals surface area contributed by atoms with Gasteiger partial charge in [0.15, 0.2) is 0 Å². The molecule has 0 spiro atoms. The van der Waals surface area contributed by atoms with E-state index in [-0.39, 0.29) is 56.5 Å². The Morgan fingerprint density at radius 2 is 1.14 bits per heavy atom. The lowest BCUT2D eigenvalue weighted by molar-refractivity contribution is -0.393. The number of esters is 1. The zero-order chi connectivity index (χ0) is 31.7. The van der Waals surface area contributed by atoms with Gasteiger partial charge >= 0.3 is 11.9 Å². The van der Waals surface area contributed by atoms with E-state index in [1.54, 1.807) is 0 Å². The summed E-state index contributed by atoms with van der Waals surface area (Å²) in [6.07, 6.45) is -0.697. The number of Topliss-reactive ketones (excluding diaryl/α,β-unsaturated/α-hetero) is 1. The number of nitrogens with zero attached hydrogens (tertiary/aromatic N) is 2. The first kappa shape index (κ1) is 37.2. The summed E-state index contributed by atoms with van der Waals surface area (Å²) in [4.78, 5) is 53.1. The van der Waals surface area contributed by atoms with E-state index >= 15 is 0 Å². The number of non-ortho nitro benzene ring substituents is 1. The molecule has 0 aliphatic heterocycles. The van der Waals surface area contributed by atoms with Gasteiger partial charge in [0.1, 0.15) is 12.3 Å². The highest BCUT2D eigenvalue weighted by Crippen LogP contribution is 2.28. The van der Waals surface area contributed by atoms with Crippen LogP contribution in [-0.4, -0.2) is 125 Å². The minimum atomic E-state index is -1.58. The van der Waals surface area contributed by atoms with Crippen molar-refractivity contribution in [1.82, 2.24) is 0 Å². The van der Waals surface area contributed by atoms with Crippen molar-refractivity contribution in [1.29, 1.82) is 0 Å². The topological polar surface area (TPSA) is 234 Å². The first-order valence-corrected chi connectivity index (χ1v) is 13.3. The van der Waals surface area contributed by atoms with Crippen molar-refractivity contribution >= 4 is 34.8 Å². The number of nitrogens with one attached hydrogen (secondary N) is 1. The number of carbonyl (C=O) groups excluding carboxylic acids is 2.